The van der Waals surface area contributed by atoms with Gasteiger partial charge < -0.3 is 18.9 Å². The van der Waals surface area contributed by atoms with Crippen molar-refractivity contribution in [1.29, 1.82) is 0 Å². The number of hydrazine groups is 1. The monoisotopic (exact) mass is 542 g/mol. The molecule has 0 saturated carbocycles. The van der Waals surface area contributed by atoms with Gasteiger partial charge in [-0.1, -0.05) is 91.0 Å². The van der Waals surface area contributed by atoms with E-state index >= 15 is 0 Å². The molecule has 4 atom stereocenters. The van der Waals surface area contributed by atoms with Crippen molar-refractivity contribution in [3.8, 4) is 5.75 Å². The van der Waals surface area contributed by atoms with Gasteiger partial charge in [-0.25, -0.2) is 15.2 Å². The van der Waals surface area contributed by atoms with Crippen LogP contribution in [0.4, 0.5) is 4.79 Å². The summed E-state index contributed by atoms with van der Waals surface area (Å²) in [6.45, 7) is 7.21. The van der Waals surface area contributed by atoms with Crippen molar-refractivity contribution in [2.75, 3.05) is 13.7 Å². The summed E-state index contributed by atoms with van der Waals surface area (Å²) in [6, 6.07) is 27.1. The molecular weight excluding hydrogens is 504 g/mol. The van der Waals surface area contributed by atoms with Gasteiger partial charge in [-0.15, -0.1) is 6.58 Å². The molecular formula is C33H38N2O5. The highest BCUT2D eigenvalue weighted by Crippen LogP contribution is 2.25. The van der Waals surface area contributed by atoms with E-state index in [1.807, 2.05) is 104 Å². The molecule has 0 aliphatic carbocycles. The van der Waals surface area contributed by atoms with Crippen LogP contribution in [0.25, 0.3) is 6.08 Å². The minimum absolute atomic E-state index is 0.142. The zero-order chi connectivity index (χ0) is 28.2. The van der Waals surface area contributed by atoms with E-state index in [1.54, 1.807) is 18.2 Å². The van der Waals surface area contributed by atoms with Crippen molar-refractivity contribution in [2.24, 2.45) is 0 Å². The highest BCUT2D eigenvalue weighted by atomic mass is 16.6. The molecule has 0 bridgehead atoms. The van der Waals surface area contributed by atoms with Crippen LogP contribution in [-0.4, -0.2) is 49.1 Å². The van der Waals surface area contributed by atoms with Crippen molar-refractivity contribution >= 4 is 12.2 Å². The molecule has 1 fully saturated rings. The first-order valence-corrected chi connectivity index (χ1v) is 13.5. The first kappa shape index (κ1) is 29.1. The number of rotatable bonds is 15. The van der Waals surface area contributed by atoms with Crippen LogP contribution in [0.15, 0.2) is 104 Å². The summed E-state index contributed by atoms with van der Waals surface area (Å²) in [5, 5.41) is 1.54. The fourth-order valence-electron chi connectivity index (χ4n) is 4.42. The Labute approximate surface area is 237 Å². The SMILES string of the molecule is C=C[C@@H](COCc1ccccc1)NN1C(=O)O[C@H](C[C@@H](C)OCc2ccc(OC)cc2)[C@@H]1/C=C/c1ccccc1. The van der Waals surface area contributed by atoms with Crippen molar-refractivity contribution in [1.82, 2.24) is 10.4 Å². The molecule has 7 heteroatoms. The summed E-state index contributed by atoms with van der Waals surface area (Å²) >= 11 is 0. The standard InChI is InChI=1S/C33H38N2O5/c1-4-29(24-38-22-27-13-9-6-10-14-27)34-35-31(20-17-26-11-7-5-8-12-26)32(40-33(35)36)21-25(2)39-23-28-15-18-30(37-3)19-16-28/h4-20,25,29,31-32,34H,1,21-24H2,2-3H3/b20-17+/t25-,29+,31+,32-/m1/s1. The van der Waals surface area contributed by atoms with Gasteiger partial charge in [-0.05, 0) is 35.7 Å². The molecule has 1 N–H and O–H groups in total. The second-order valence-electron chi connectivity index (χ2n) is 9.73. The molecule has 1 aliphatic rings. The van der Waals surface area contributed by atoms with Crippen molar-refractivity contribution in [3.63, 3.8) is 0 Å². The van der Waals surface area contributed by atoms with Crippen LogP contribution in [0.3, 0.4) is 0 Å². The zero-order valence-corrected chi connectivity index (χ0v) is 23.1. The maximum absolute atomic E-state index is 13.1. The van der Waals surface area contributed by atoms with Crippen LogP contribution in [0.2, 0.25) is 0 Å². The molecule has 0 radical (unpaired) electrons. The van der Waals surface area contributed by atoms with E-state index in [0.717, 1.165) is 22.4 Å². The van der Waals surface area contributed by atoms with Gasteiger partial charge in [0.05, 0.1) is 39.1 Å². The molecule has 4 rings (SSSR count). The molecule has 1 heterocycles. The molecule has 1 aliphatic heterocycles. The van der Waals surface area contributed by atoms with Gasteiger partial charge in [-0.2, -0.15) is 0 Å². The lowest BCUT2D eigenvalue weighted by Gasteiger charge is -2.27. The Hall–Kier alpha value is -3.91. The number of carbonyl (C=O) groups is 1. The Morgan fingerprint density at radius 1 is 0.975 bits per heavy atom. The van der Waals surface area contributed by atoms with E-state index in [1.165, 1.54) is 0 Å². The topological polar surface area (TPSA) is 69.3 Å². The highest BCUT2D eigenvalue weighted by Gasteiger charge is 2.42. The lowest BCUT2D eigenvalue weighted by molar-refractivity contribution is 0.0164. The van der Waals surface area contributed by atoms with Crippen LogP contribution in [-0.2, 0) is 27.4 Å². The Morgan fingerprint density at radius 2 is 1.65 bits per heavy atom. The zero-order valence-electron chi connectivity index (χ0n) is 23.1. The summed E-state index contributed by atoms with van der Waals surface area (Å²) in [4.78, 5) is 13.1. The number of ether oxygens (including phenoxy) is 4. The number of methoxy groups -OCH3 is 1. The van der Waals surface area contributed by atoms with Crippen molar-refractivity contribution in [3.05, 3.63) is 120 Å². The molecule has 0 unspecified atom stereocenters. The molecule has 3 aromatic rings. The minimum Gasteiger partial charge on any atom is -0.497 e. The molecule has 40 heavy (non-hydrogen) atoms. The fraction of sp³-hybridized carbons (Fsp3) is 0.303. The maximum Gasteiger partial charge on any atom is 0.425 e. The van der Waals surface area contributed by atoms with Crippen molar-refractivity contribution < 1.29 is 23.7 Å². The summed E-state index contributed by atoms with van der Waals surface area (Å²) in [6.07, 6.45) is 5.30. The average molecular weight is 543 g/mol. The minimum atomic E-state index is -0.440. The summed E-state index contributed by atoms with van der Waals surface area (Å²) in [7, 11) is 1.65. The molecule has 0 spiro atoms. The third-order valence-electron chi connectivity index (χ3n) is 6.67. The van der Waals surface area contributed by atoms with Crippen LogP contribution in [0, 0.1) is 0 Å². The second kappa shape index (κ2) is 15.0. The summed E-state index contributed by atoms with van der Waals surface area (Å²) in [5.74, 6) is 0.804. The molecule has 1 saturated heterocycles. The Bertz CT molecular complexity index is 1220. The third-order valence-corrected chi connectivity index (χ3v) is 6.67. The lowest BCUT2D eigenvalue weighted by Crippen LogP contribution is -2.51. The van der Waals surface area contributed by atoms with E-state index in [4.69, 9.17) is 18.9 Å². The molecule has 210 valence electrons. The molecule has 3 aromatic carbocycles. The van der Waals surface area contributed by atoms with E-state index in [2.05, 4.69) is 12.0 Å². The smallest absolute Gasteiger partial charge is 0.425 e. The quantitative estimate of drug-likeness (QED) is 0.232. The van der Waals surface area contributed by atoms with E-state index in [9.17, 15) is 4.79 Å². The predicted octanol–water partition coefficient (Wildman–Crippen LogP) is 6.17. The number of carbonyl (C=O) groups excluding carboxylic acids is 1. The number of nitrogens with zero attached hydrogens (tertiary/aromatic N) is 1. The number of cyclic esters (lactones) is 1. The van der Waals surface area contributed by atoms with Crippen molar-refractivity contribution in [2.45, 2.75) is 50.8 Å². The highest BCUT2D eigenvalue weighted by molar-refractivity contribution is 5.71. The molecule has 1 amide bonds. The number of amides is 1. The van der Waals surface area contributed by atoms with Gasteiger partial charge in [0, 0.05) is 6.42 Å². The predicted molar refractivity (Wildman–Crippen MR) is 156 cm³/mol. The van der Waals surface area contributed by atoms with Gasteiger partial charge in [-0.3, -0.25) is 0 Å². The van der Waals surface area contributed by atoms with E-state index < -0.39 is 12.2 Å². The Balaban J connectivity index is 1.40. The number of benzene rings is 3. The van der Waals surface area contributed by atoms with Crippen LogP contribution in [0.5, 0.6) is 5.75 Å². The molecule has 7 nitrogen and oxygen atoms in total. The third kappa shape index (κ3) is 8.55. The van der Waals surface area contributed by atoms with Crippen LogP contribution < -0.4 is 10.2 Å². The Kier molecular flexibility index (Phi) is 10.9. The summed E-state index contributed by atoms with van der Waals surface area (Å²) < 4.78 is 23.1. The maximum atomic E-state index is 13.1. The number of nitrogens with one attached hydrogen (secondary N) is 1. The van der Waals surface area contributed by atoms with Crippen LogP contribution >= 0.6 is 0 Å². The lowest BCUT2D eigenvalue weighted by atomic mass is 10.0. The fourth-order valence-corrected chi connectivity index (χ4v) is 4.42. The van der Waals surface area contributed by atoms with Gasteiger partial charge in [0.2, 0.25) is 0 Å². The first-order chi connectivity index (χ1) is 19.6. The average Bonchev–Trinajstić information content (AvgIpc) is 3.28. The Morgan fingerprint density at radius 3 is 2.33 bits per heavy atom. The number of hydrogen-bond donors (Lipinski definition) is 1. The largest absolute Gasteiger partial charge is 0.497 e. The van der Waals surface area contributed by atoms with Gasteiger partial charge in [0.25, 0.3) is 0 Å². The first-order valence-electron chi connectivity index (χ1n) is 13.5. The van der Waals surface area contributed by atoms with E-state index in [-0.39, 0.29) is 18.2 Å². The van der Waals surface area contributed by atoms with Gasteiger partial charge in [0.1, 0.15) is 17.9 Å². The van der Waals surface area contributed by atoms with Gasteiger partial charge in [0.15, 0.2) is 0 Å². The van der Waals surface area contributed by atoms with Gasteiger partial charge >= 0.3 is 6.09 Å². The van der Waals surface area contributed by atoms with Crippen LogP contribution in [0.1, 0.15) is 30.0 Å². The molecule has 0 aromatic heterocycles. The summed E-state index contributed by atoms with van der Waals surface area (Å²) in [5.41, 5.74) is 6.44. The normalized spacial score (nSPS) is 18.4. The van der Waals surface area contributed by atoms with E-state index in [0.29, 0.717) is 26.2 Å². The number of hydrogen-bond acceptors (Lipinski definition) is 6. The second-order valence-corrected chi connectivity index (χ2v) is 9.73.